The van der Waals surface area contributed by atoms with Crippen molar-refractivity contribution in [2.24, 2.45) is 0 Å². The average Bonchev–Trinajstić information content (AvgIpc) is 3.14. The Morgan fingerprint density at radius 2 is 1.18 bits per heavy atom. The minimum absolute atomic E-state index is 0.274. The molecule has 1 aromatic rings. The van der Waals surface area contributed by atoms with Gasteiger partial charge in [0.1, 0.15) is 0 Å². The van der Waals surface area contributed by atoms with E-state index in [1.807, 2.05) is 47.0 Å². The van der Waals surface area contributed by atoms with Gasteiger partial charge in [-0.3, -0.25) is 0 Å². The van der Waals surface area contributed by atoms with E-state index in [0.717, 1.165) is 10.6 Å². The van der Waals surface area contributed by atoms with Crippen molar-refractivity contribution in [3.05, 3.63) is 40.3 Å². The first-order valence-corrected chi connectivity index (χ1v) is 14.0. The summed E-state index contributed by atoms with van der Waals surface area (Å²) in [6.45, 7) is 0.547. The molecule has 0 spiro atoms. The van der Waals surface area contributed by atoms with Gasteiger partial charge in [0.05, 0.1) is 0 Å². The molecule has 0 saturated heterocycles. The summed E-state index contributed by atoms with van der Waals surface area (Å²) in [5.74, 6) is 0. The van der Waals surface area contributed by atoms with Gasteiger partial charge in [0.25, 0.3) is 0 Å². The Bertz CT molecular complexity index is 570. The molecule has 2 aliphatic heterocycles. The van der Waals surface area contributed by atoms with Gasteiger partial charge in [0.15, 0.2) is 0 Å². The van der Waals surface area contributed by atoms with E-state index < -0.39 is 0 Å². The molecule has 8 heteroatoms. The first-order valence-electron chi connectivity index (χ1n) is 6.58. The summed E-state index contributed by atoms with van der Waals surface area (Å²) >= 11 is 8.29. The zero-order chi connectivity index (χ0) is 15.4. The van der Waals surface area contributed by atoms with E-state index in [1.54, 1.807) is 0 Å². The number of rotatable bonds is 6. The molecule has 118 valence electrons. The van der Waals surface area contributed by atoms with Crippen LogP contribution in [0.1, 0.15) is 0 Å². The van der Waals surface area contributed by atoms with Crippen LogP contribution >= 0.6 is 47.0 Å². The van der Waals surface area contributed by atoms with Crippen LogP contribution in [-0.2, 0) is 0 Å². The van der Waals surface area contributed by atoms with Crippen LogP contribution in [-0.4, -0.2) is 53.3 Å². The minimum atomic E-state index is 0.274. The molecule has 0 bridgehead atoms. The predicted molar refractivity (Wildman–Crippen MR) is 103 cm³/mol. The van der Waals surface area contributed by atoms with E-state index in [4.69, 9.17) is 10.2 Å². The van der Waals surface area contributed by atoms with Crippen molar-refractivity contribution in [1.29, 1.82) is 0 Å². The monoisotopic (exact) mass is 502 g/mol. The summed E-state index contributed by atoms with van der Waals surface area (Å²) in [5.41, 5.74) is 0. The van der Waals surface area contributed by atoms with Crippen molar-refractivity contribution < 1.29 is 10.2 Å². The Balaban J connectivity index is 1.74. The second kappa shape index (κ2) is 8.95. The summed E-state index contributed by atoms with van der Waals surface area (Å²) in [5, 5.41) is 20.0. The van der Waals surface area contributed by atoms with Gasteiger partial charge >= 0.3 is 161 Å². The van der Waals surface area contributed by atoms with Gasteiger partial charge in [-0.05, 0) is 0 Å². The topological polar surface area (TPSA) is 40.5 Å². The van der Waals surface area contributed by atoms with E-state index in [1.165, 1.54) is 25.9 Å². The van der Waals surface area contributed by atoms with Gasteiger partial charge in [0, 0.05) is 0 Å². The fourth-order valence-corrected chi connectivity index (χ4v) is 14.0. The zero-order valence-corrected chi connectivity index (χ0v) is 18.2. The van der Waals surface area contributed by atoms with Gasteiger partial charge in [-0.15, -0.1) is 0 Å². The van der Waals surface area contributed by atoms with Crippen molar-refractivity contribution in [2.45, 2.75) is 20.4 Å². The average molecular weight is 500 g/mol. The van der Waals surface area contributed by atoms with Crippen LogP contribution in [0, 0.1) is 0 Å². The van der Waals surface area contributed by atoms with Crippen molar-refractivity contribution in [2.75, 3.05) is 13.2 Å². The van der Waals surface area contributed by atoms with Gasteiger partial charge in [-0.1, -0.05) is 0 Å². The molecule has 0 atom stereocenters. The Hall–Kier alpha value is 1.06. The number of hydrogen-bond donors (Lipinski definition) is 2. The molecule has 0 amide bonds. The third-order valence-electron chi connectivity index (χ3n) is 2.61. The van der Waals surface area contributed by atoms with Crippen LogP contribution in [0.15, 0.2) is 50.1 Å². The van der Waals surface area contributed by atoms with E-state index in [2.05, 4.69) is 24.3 Å². The normalized spacial score (nSPS) is 17.5. The van der Waals surface area contributed by atoms with Crippen molar-refractivity contribution in [1.82, 2.24) is 0 Å². The van der Waals surface area contributed by atoms with Gasteiger partial charge < -0.3 is 0 Å². The summed E-state index contributed by atoms with van der Waals surface area (Å²) in [7, 11) is 0. The third kappa shape index (κ3) is 4.37. The second-order valence-corrected chi connectivity index (χ2v) is 14.6. The molecular weight excluding hydrogens is 486 g/mol. The first kappa shape index (κ1) is 17.9. The van der Waals surface area contributed by atoms with Gasteiger partial charge in [-0.2, -0.15) is 0 Å². The van der Waals surface area contributed by atoms with Crippen molar-refractivity contribution in [3.63, 3.8) is 0 Å². The summed E-state index contributed by atoms with van der Waals surface area (Å²) < 4.78 is 5.73. The molecule has 0 radical (unpaired) electrons. The summed E-state index contributed by atoms with van der Waals surface area (Å²) in [4.78, 5) is 2.71. The Morgan fingerprint density at radius 3 is 1.64 bits per heavy atom. The van der Waals surface area contributed by atoms with E-state index in [0.29, 0.717) is 29.9 Å². The molecule has 0 saturated carbocycles. The molecule has 0 unspecified atom stereocenters. The summed E-state index contributed by atoms with van der Waals surface area (Å²) in [6, 6.07) is 8.56. The molecule has 2 heterocycles. The van der Waals surface area contributed by atoms with E-state index in [-0.39, 0.29) is 13.2 Å². The van der Waals surface area contributed by atoms with E-state index in [9.17, 15) is 0 Å². The molecule has 3 rings (SSSR count). The van der Waals surface area contributed by atoms with Crippen molar-refractivity contribution >= 4 is 77.0 Å². The number of aliphatic hydroxyl groups is 2. The van der Waals surface area contributed by atoms with Gasteiger partial charge in [0.2, 0.25) is 0 Å². The molecule has 0 aromatic heterocycles. The fraction of sp³-hybridized carbons (Fsp3) is 0.286. The number of fused-ring (bicyclic) bond motifs is 1. The molecule has 22 heavy (non-hydrogen) atoms. The maximum atomic E-state index is 9.11. The van der Waals surface area contributed by atoms with Crippen molar-refractivity contribution in [3.8, 4) is 0 Å². The van der Waals surface area contributed by atoms with Gasteiger partial charge in [-0.25, -0.2) is 0 Å². The quantitative estimate of drug-likeness (QED) is 0.579. The van der Waals surface area contributed by atoms with Crippen LogP contribution in [0.5, 0.6) is 0 Å². The van der Waals surface area contributed by atoms with Crippen LogP contribution < -0.4 is 0 Å². The molecule has 2 N–H and O–H groups in total. The van der Waals surface area contributed by atoms with Crippen LogP contribution in [0.4, 0.5) is 0 Å². The SMILES string of the molecule is OCC[Se]C1=C([Se]CCO)SC(=C2Sc3ccccc3S2)S1. The molecule has 2 nitrogen and oxygen atoms in total. The fourth-order valence-electron chi connectivity index (χ4n) is 1.73. The van der Waals surface area contributed by atoms with Crippen LogP contribution in [0.3, 0.4) is 0 Å². The first-order chi connectivity index (χ1) is 10.8. The zero-order valence-electron chi connectivity index (χ0n) is 11.5. The number of hydrogen-bond acceptors (Lipinski definition) is 6. The standard InChI is InChI=1S/C14H14O2S4Se2/c15-5-7-21-13-14(22-8-6-16)20-12(19-13)11-17-9-3-1-2-4-10(9)18-11/h1-4,15-16H,5-8H2. The molecule has 2 aliphatic rings. The van der Waals surface area contributed by atoms with E-state index >= 15 is 0 Å². The second-order valence-electron chi connectivity index (χ2n) is 4.15. The predicted octanol–water partition coefficient (Wildman–Crippen LogP) is 3.85. The number of aliphatic hydroxyl groups excluding tert-OH is 2. The third-order valence-corrected chi connectivity index (χ3v) is 15.0. The molecule has 0 aliphatic carbocycles. The Morgan fingerprint density at radius 1 is 0.727 bits per heavy atom. The summed E-state index contributed by atoms with van der Waals surface area (Å²) in [6.07, 6.45) is 0. The molecule has 0 fully saturated rings. The van der Waals surface area contributed by atoms with Crippen LogP contribution in [0.2, 0.25) is 10.6 Å². The number of thioether (sulfide) groups is 4. The van der Waals surface area contributed by atoms with Crippen LogP contribution in [0.25, 0.3) is 0 Å². The maximum absolute atomic E-state index is 9.11. The Labute approximate surface area is 160 Å². The molecule has 1 aromatic carbocycles. The Kier molecular flexibility index (Phi) is 7.27. The number of benzene rings is 1. The molecular formula is C14H14O2S4Se2.